The summed E-state index contributed by atoms with van der Waals surface area (Å²) in [5, 5.41) is 0. The highest BCUT2D eigenvalue weighted by molar-refractivity contribution is 5.76. The van der Waals surface area contributed by atoms with Gasteiger partial charge in [0.05, 0.1) is 0 Å². The summed E-state index contributed by atoms with van der Waals surface area (Å²) in [5.41, 5.74) is 8.92. The van der Waals surface area contributed by atoms with Crippen molar-refractivity contribution in [2.45, 2.75) is 13.5 Å². The predicted molar refractivity (Wildman–Crippen MR) is 73.9 cm³/mol. The second kappa shape index (κ2) is 4.65. The molecule has 0 amide bonds. The van der Waals surface area contributed by atoms with Gasteiger partial charge in [-0.15, -0.1) is 0 Å². The molecule has 1 heterocycles. The van der Waals surface area contributed by atoms with E-state index in [0.29, 0.717) is 23.8 Å². The van der Waals surface area contributed by atoms with Crippen LogP contribution in [0.5, 0.6) is 5.75 Å². The lowest BCUT2D eigenvalue weighted by atomic mass is 10.2. The monoisotopic (exact) mass is 254 g/mol. The average Bonchev–Trinajstić information content (AvgIpc) is 2.79. The third-order valence-corrected chi connectivity index (χ3v) is 2.90. The number of nitrogens with two attached hydrogens (primary N) is 1. The van der Waals surface area contributed by atoms with Gasteiger partial charge in [-0.2, -0.15) is 0 Å². The van der Waals surface area contributed by atoms with Crippen molar-refractivity contribution in [1.82, 2.24) is 4.98 Å². The molecule has 1 aromatic heterocycles. The van der Waals surface area contributed by atoms with E-state index in [0.717, 1.165) is 16.8 Å². The summed E-state index contributed by atoms with van der Waals surface area (Å²) in [7, 11) is 0. The molecule has 0 radical (unpaired) electrons. The SMILES string of the molecule is Cc1ccccc1OCc1nc2ccc(N)cc2o1. The molecular weight excluding hydrogens is 240 g/mol. The zero-order valence-corrected chi connectivity index (χ0v) is 10.6. The molecule has 3 rings (SSSR count). The Labute approximate surface area is 110 Å². The second-order valence-corrected chi connectivity index (χ2v) is 4.39. The zero-order valence-electron chi connectivity index (χ0n) is 10.6. The predicted octanol–water partition coefficient (Wildman–Crippen LogP) is 3.30. The lowest BCUT2D eigenvalue weighted by molar-refractivity contribution is 0.265. The van der Waals surface area contributed by atoms with Crippen molar-refractivity contribution in [3.63, 3.8) is 0 Å². The van der Waals surface area contributed by atoms with Gasteiger partial charge in [-0.25, -0.2) is 4.98 Å². The highest BCUT2D eigenvalue weighted by Crippen LogP contribution is 2.21. The minimum atomic E-state index is 0.305. The van der Waals surface area contributed by atoms with Crippen molar-refractivity contribution in [1.29, 1.82) is 0 Å². The van der Waals surface area contributed by atoms with Gasteiger partial charge in [0.2, 0.25) is 5.89 Å². The van der Waals surface area contributed by atoms with Crippen LogP contribution in [0.25, 0.3) is 11.1 Å². The van der Waals surface area contributed by atoms with Gasteiger partial charge in [-0.1, -0.05) is 18.2 Å². The summed E-state index contributed by atoms with van der Waals surface area (Å²) < 4.78 is 11.3. The Hall–Kier alpha value is -2.49. The largest absolute Gasteiger partial charge is 0.484 e. The number of fused-ring (bicyclic) bond motifs is 1. The van der Waals surface area contributed by atoms with Crippen molar-refractivity contribution < 1.29 is 9.15 Å². The summed E-state index contributed by atoms with van der Waals surface area (Å²) in [5.74, 6) is 1.38. The van der Waals surface area contributed by atoms with Crippen molar-refractivity contribution in [3.05, 3.63) is 53.9 Å². The third kappa shape index (κ3) is 2.38. The maximum absolute atomic E-state index is 5.70. The molecule has 96 valence electrons. The van der Waals surface area contributed by atoms with E-state index in [9.17, 15) is 0 Å². The molecule has 0 fully saturated rings. The first-order valence-corrected chi connectivity index (χ1v) is 6.06. The maximum Gasteiger partial charge on any atom is 0.233 e. The van der Waals surface area contributed by atoms with E-state index in [-0.39, 0.29) is 0 Å². The molecule has 0 spiro atoms. The topological polar surface area (TPSA) is 61.3 Å². The van der Waals surface area contributed by atoms with Crippen LogP contribution in [0.4, 0.5) is 5.69 Å². The molecule has 2 aromatic carbocycles. The molecule has 4 heteroatoms. The van der Waals surface area contributed by atoms with Gasteiger partial charge in [0.15, 0.2) is 12.2 Å². The Morgan fingerprint density at radius 1 is 1.21 bits per heavy atom. The highest BCUT2D eigenvalue weighted by atomic mass is 16.5. The number of hydrogen-bond acceptors (Lipinski definition) is 4. The van der Waals surface area contributed by atoms with Gasteiger partial charge < -0.3 is 14.9 Å². The summed E-state index contributed by atoms with van der Waals surface area (Å²) in [6, 6.07) is 13.2. The summed E-state index contributed by atoms with van der Waals surface area (Å²) in [4.78, 5) is 4.35. The Bertz CT molecular complexity index is 719. The number of nitrogen functional groups attached to an aromatic ring is 1. The van der Waals surface area contributed by atoms with E-state index >= 15 is 0 Å². The number of benzene rings is 2. The Kier molecular flexibility index (Phi) is 2.83. The van der Waals surface area contributed by atoms with Gasteiger partial charge in [0.1, 0.15) is 11.3 Å². The summed E-state index contributed by atoms with van der Waals surface area (Å²) >= 11 is 0. The molecule has 4 nitrogen and oxygen atoms in total. The van der Waals surface area contributed by atoms with Crippen LogP contribution >= 0.6 is 0 Å². The average molecular weight is 254 g/mol. The molecule has 0 unspecified atom stereocenters. The number of nitrogens with zero attached hydrogens (tertiary/aromatic N) is 1. The molecule has 0 saturated heterocycles. The van der Waals surface area contributed by atoms with Crippen LogP contribution in [0.1, 0.15) is 11.5 Å². The molecule has 0 aliphatic carbocycles. The molecule has 3 aromatic rings. The molecule has 0 atom stereocenters. The minimum Gasteiger partial charge on any atom is -0.484 e. The van der Waals surface area contributed by atoms with Crippen molar-refractivity contribution in [2.24, 2.45) is 0 Å². The number of hydrogen-bond donors (Lipinski definition) is 1. The number of ether oxygens (including phenoxy) is 1. The maximum atomic E-state index is 5.70. The normalized spacial score (nSPS) is 10.8. The minimum absolute atomic E-state index is 0.305. The van der Waals surface area contributed by atoms with Crippen LogP contribution < -0.4 is 10.5 Å². The van der Waals surface area contributed by atoms with Gasteiger partial charge in [0, 0.05) is 11.8 Å². The molecule has 0 aliphatic rings. The van der Waals surface area contributed by atoms with Crippen molar-refractivity contribution in [2.75, 3.05) is 5.73 Å². The molecule has 0 saturated carbocycles. The fourth-order valence-corrected chi connectivity index (χ4v) is 1.91. The van der Waals surface area contributed by atoms with E-state index in [1.54, 1.807) is 12.1 Å². The third-order valence-electron chi connectivity index (χ3n) is 2.90. The zero-order chi connectivity index (χ0) is 13.2. The smallest absolute Gasteiger partial charge is 0.233 e. The molecule has 0 bridgehead atoms. The van der Waals surface area contributed by atoms with Gasteiger partial charge in [-0.3, -0.25) is 0 Å². The Morgan fingerprint density at radius 3 is 2.89 bits per heavy atom. The van der Waals surface area contributed by atoms with Crippen molar-refractivity contribution in [3.8, 4) is 5.75 Å². The van der Waals surface area contributed by atoms with Crippen LogP contribution in [0.3, 0.4) is 0 Å². The number of para-hydroxylation sites is 1. The summed E-state index contributed by atoms with van der Waals surface area (Å²) in [6.07, 6.45) is 0. The Morgan fingerprint density at radius 2 is 2.05 bits per heavy atom. The van der Waals surface area contributed by atoms with Crippen molar-refractivity contribution >= 4 is 16.8 Å². The van der Waals surface area contributed by atoms with E-state index in [1.165, 1.54) is 0 Å². The number of oxazole rings is 1. The standard InChI is InChI=1S/C15H14N2O2/c1-10-4-2-3-5-13(10)18-9-15-17-12-7-6-11(16)8-14(12)19-15/h2-8H,9,16H2,1H3. The first kappa shape index (κ1) is 11.6. The van der Waals surface area contributed by atoms with E-state index in [4.69, 9.17) is 14.9 Å². The number of anilines is 1. The first-order valence-electron chi connectivity index (χ1n) is 6.06. The molecule has 2 N–H and O–H groups in total. The van der Waals surface area contributed by atoms with Gasteiger partial charge >= 0.3 is 0 Å². The second-order valence-electron chi connectivity index (χ2n) is 4.39. The van der Waals surface area contributed by atoms with Gasteiger partial charge in [0.25, 0.3) is 0 Å². The molecule has 0 aliphatic heterocycles. The molecule has 19 heavy (non-hydrogen) atoms. The number of aryl methyl sites for hydroxylation is 1. The quantitative estimate of drug-likeness (QED) is 0.728. The number of aromatic nitrogens is 1. The van der Waals surface area contributed by atoms with E-state index < -0.39 is 0 Å². The van der Waals surface area contributed by atoms with Crippen LogP contribution in [0.2, 0.25) is 0 Å². The fourth-order valence-electron chi connectivity index (χ4n) is 1.91. The lowest BCUT2D eigenvalue weighted by Gasteiger charge is -2.05. The van der Waals surface area contributed by atoms with Crippen LogP contribution in [0.15, 0.2) is 46.9 Å². The van der Waals surface area contributed by atoms with Gasteiger partial charge in [-0.05, 0) is 30.7 Å². The first-order chi connectivity index (χ1) is 9.22. The lowest BCUT2D eigenvalue weighted by Crippen LogP contribution is -1.96. The highest BCUT2D eigenvalue weighted by Gasteiger charge is 2.07. The van der Waals surface area contributed by atoms with Crippen LogP contribution in [-0.4, -0.2) is 4.98 Å². The summed E-state index contributed by atoms with van der Waals surface area (Å²) in [6.45, 7) is 2.31. The molecular formula is C15H14N2O2. The Balaban J connectivity index is 1.80. The fraction of sp³-hybridized carbons (Fsp3) is 0.133. The van der Waals surface area contributed by atoms with E-state index in [2.05, 4.69) is 4.98 Å². The van der Waals surface area contributed by atoms with E-state index in [1.807, 2.05) is 37.3 Å². The number of rotatable bonds is 3. The van der Waals surface area contributed by atoms with Crippen LogP contribution in [-0.2, 0) is 6.61 Å². The van der Waals surface area contributed by atoms with Crippen LogP contribution in [0, 0.1) is 6.92 Å².